The van der Waals surface area contributed by atoms with E-state index in [1.54, 1.807) is 12.2 Å². The van der Waals surface area contributed by atoms with E-state index in [0.717, 1.165) is 0 Å². The van der Waals surface area contributed by atoms with Gasteiger partial charge in [0, 0.05) is 11.3 Å². The lowest BCUT2D eigenvalue weighted by atomic mass is 9.88. The minimum Gasteiger partial charge on any atom is -0.401 e. The minimum absolute atomic E-state index is 0.361. The standard InChI is InChI=1S/C8H9N3O2/c9-4-2-1-3-5(6(4)10)8(13)11-7(3)12/h1-2,5-6H,9-10H2,(H,11,12,13). The van der Waals surface area contributed by atoms with Gasteiger partial charge < -0.3 is 11.5 Å². The summed E-state index contributed by atoms with van der Waals surface area (Å²) in [5, 5.41) is 2.19. The number of nitrogens with two attached hydrogens (primary N) is 2. The molecule has 1 aliphatic carbocycles. The Morgan fingerprint density at radius 2 is 2.00 bits per heavy atom. The Morgan fingerprint density at radius 1 is 1.31 bits per heavy atom. The summed E-state index contributed by atoms with van der Waals surface area (Å²) in [7, 11) is 0. The Bertz CT molecular complexity index is 356. The molecular formula is C8H9N3O2. The van der Waals surface area contributed by atoms with Crippen LogP contribution < -0.4 is 16.8 Å². The van der Waals surface area contributed by atoms with Crippen molar-refractivity contribution in [2.45, 2.75) is 6.04 Å². The smallest absolute Gasteiger partial charge is 0.254 e. The van der Waals surface area contributed by atoms with Crippen molar-refractivity contribution < 1.29 is 9.59 Å². The van der Waals surface area contributed by atoms with Crippen LogP contribution >= 0.6 is 0 Å². The van der Waals surface area contributed by atoms with E-state index in [1.807, 2.05) is 0 Å². The summed E-state index contributed by atoms with van der Waals surface area (Å²) in [6, 6.07) is -0.577. The van der Waals surface area contributed by atoms with Gasteiger partial charge in [0.1, 0.15) is 0 Å². The third-order valence-electron chi connectivity index (χ3n) is 2.32. The predicted octanol–water partition coefficient (Wildman–Crippen LogP) is -1.63. The highest BCUT2D eigenvalue weighted by molar-refractivity contribution is 6.15. The van der Waals surface area contributed by atoms with Gasteiger partial charge in [-0.25, -0.2) is 0 Å². The van der Waals surface area contributed by atoms with E-state index in [2.05, 4.69) is 5.32 Å². The van der Waals surface area contributed by atoms with Gasteiger partial charge in [0.15, 0.2) is 0 Å². The lowest BCUT2D eigenvalue weighted by Gasteiger charge is -2.20. The summed E-state index contributed by atoms with van der Waals surface area (Å²) in [5.74, 6) is -1.33. The average molecular weight is 179 g/mol. The molecule has 1 heterocycles. The molecule has 0 aromatic heterocycles. The van der Waals surface area contributed by atoms with Crippen LogP contribution in [0.15, 0.2) is 23.4 Å². The van der Waals surface area contributed by atoms with Crippen LogP contribution in [0.2, 0.25) is 0 Å². The fourth-order valence-electron chi connectivity index (χ4n) is 1.57. The van der Waals surface area contributed by atoms with Gasteiger partial charge in [-0.2, -0.15) is 0 Å². The molecule has 0 saturated carbocycles. The molecule has 0 spiro atoms. The molecule has 1 saturated heterocycles. The normalized spacial score (nSPS) is 32.1. The SMILES string of the molecule is NC1=CC=C2C(=O)NC(=O)C2C1N. The molecule has 68 valence electrons. The van der Waals surface area contributed by atoms with Crippen molar-refractivity contribution in [1.29, 1.82) is 0 Å². The first-order valence-electron chi connectivity index (χ1n) is 3.89. The Morgan fingerprint density at radius 3 is 2.69 bits per heavy atom. The first-order valence-corrected chi connectivity index (χ1v) is 3.89. The Labute approximate surface area is 74.5 Å². The molecular weight excluding hydrogens is 170 g/mol. The van der Waals surface area contributed by atoms with Gasteiger partial charge in [-0.05, 0) is 6.08 Å². The van der Waals surface area contributed by atoms with Crippen molar-refractivity contribution in [1.82, 2.24) is 5.32 Å². The van der Waals surface area contributed by atoms with E-state index >= 15 is 0 Å². The van der Waals surface area contributed by atoms with Crippen molar-refractivity contribution in [3.63, 3.8) is 0 Å². The molecule has 0 radical (unpaired) electrons. The van der Waals surface area contributed by atoms with Crippen molar-refractivity contribution in [2.75, 3.05) is 0 Å². The van der Waals surface area contributed by atoms with Crippen LogP contribution in [0.1, 0.15) is 0 Å². The zero-order valence-corrected chi connectivity index (χ0v) is 6.78. The second-order valence-electron chi connectivity index (χ2n) is 3.11. The molecule has 2 amide bonds. The van der Waals surface area contributed by atoms with E-state index in [-0.39, 0.29) is 11.8 Å². The highest BCUT2D eigenvalue weighted by atomic mass is 16.2. The predicted molar refractivity (Wildman–Crippen MR) is 45.0 cm³/mol. The molecule has 0 aromatic carbocycles. The minimum atomic E-state index is -0.600. The molecule has 5 nitrogen and oxygen atoms in total. The van der Waals surface area contributed by atoms with Crippen molar-refractivity contribution in [3.05, 3.63) is 23.4 Å². The highest BCUT2D eigenvalue weighted by Crippen LogP contribution is 2.26. The van der Waals surface area contributed by atoms with Crippen LogP contribution in [-0.4, -0.2) is 17.9 Å². The Kier molecular flexibility index (Phi) is 1.50. The van der Waals surface area contributed by atoms with Gasteiger partial charge in [-0.1, -0.05) is 6.08 Å². The molecule has 2 rings (SSSR count). The number of imide groups is 1. The molecule has 0 aromatic rings. The zero-order chi connectivity index (χ0) is 9.59. The van der Waals surface area contributed by atoms with Crippen LogP contribution in [-0.2, 0) is 9.59 Å². The number of amides is 2. The lowest BCUT2D eigenvalue weighted by Crippen LogP contribution is -2.41. The molecule has 1 aliphatic heterocycles. The molecule has 2 aliphatic rings. The van der Waals surface area contributed by atoms with Crippen molar-refractivity contribution >= 4 is 11.8 Å². The first-order chi connectivity index (χ1) is 6.11. The fourth-order valence-corrected chi connectivity index (χ4v) is 1.57. The van der Waals surface area contributed by atoms with Gasteiger partial charge in [0.2, 0.25) is 5.91 Å². The maximum Gasteiger partial charge on any atom is 0.254 e. The van der Waals surface area contributed by atoms with Gasteiger partial charge in [0.05, 0.1) is 12.0 Å². The number of hydrogen-bond donors (Lipinski definition) is 3. The number of carbonyl (C=O) groups excluding carboxylic acids is 2. The van der Waals surface area contributed by atoms with E-state index in [4.69, 9.17) is 11.5 Å². The topological polar surface area (TPSA) is 98.2 Å². The van der Waals surface area contributed by atoms with Crippen LogP contribution in [0.5, 0.6) is 0 Å². The van der Waals surface area contributed by atoms with Crippen LogP contribution in [0, 0.1) is 5.92 Å². The number of allylic oxidation sites excluding steroid dienone is 2. The summed E-state index contributed by atoms with van der Waals surface area (Å²) in [6.45, 7) is 0. The number of rotatable bonds is 0. The molecule has 2 atom stereocenters. The summed E-state index contributed by atoms with van der Waals surface area (Å²) in [5.41, 5.74) is 12.0. The quantitative estimate of drug-likeness (QED) is 0.389. The Balaban J connectivity index is 2.46. The maximum absolute atomic E-state index is 11.2. The fraction of sp³-hybridized carbons (Fsp3) is 0.250. The van der Waals surface area contributed by atoms with Gasteiger partial charge >= 0.3 is 0 Å². The first kappa shape index (κ1) is 8.00. The van der Waals surface area contributed by atoms with E-state index in [9.17, 15) is 9.59 Å². The number of fused-ring (bicyclic) bond motifs is 1. The summed E-state index contributed by atoms with van der Waals surface area (Å²) in [4.78, 5) is 22.4. The summed E-state index contributed by atoms with van der Waals surface area (Å²) >= 11 is 0. The molecule has 13 heavy (non-hydrogen) atoms. The van der Waals surface area contributed by atoms with Crippen molar-refractivity contribution in [3.8, 4) is 0 Å². The molecule has 5 N–H and O–H groups in total. The zero-order valence-electron chi connectivity index (χ0n) is 6.78. The summed E-state index contributed by atoms with van der Waals surface area (Å²) in [6.07, 6.45) is 3.11. The van der Waals surface area contributed by atoms with E-state index in [1.165, 1.54) is 0 Å². The number of nitrogens with one attached hydrogen (secondary N) is 1. The van der Waals surface area contributed by atoms with Crippen LogP contribution in [0.25, 0.3) is 0 Å². The van der Waals surface area contributed by atoms with E-state index in [0.29, 0.717) is 11.3 Å². The van der Waals surface area contributed by atoms with Gasteiger partial charge in [0.25, 0.3) is 5.91 Å². The molecule has 0 bridgehead atoms. The third kappa shape index (κ3) is 0.972. The van der Waals surface area contributed by atoms with Gasteiger partial charge in [-0.15, -0.1) is 0 Å². The highest BCUT2D eigenvalue weighted by Gasteiger charge is 2.42. The van der Waals surface area contributed by atoms with E-state index < -0.39 is 12.0 Å². The Hall–Kier alpha value is -1.62. The molecule has 5 heteroatoms. The molecule has 1 fully saturated rings. The van der Waals surface area contributed by atoms with Crippen molar-refractivity contribution in [2.24, 2.45) is 17.4 Å². The second-order valence-corrected chi connectivity index (χ2v) is 3.11. The molecule has 2 unspecified atom stereocenters. The average Bonchev–Trinajstić information content (AvgIpc) is 2.35. The lowest BCUT2D eigenvalue weighted by molar-refractivity contribution is -0.125. The third-order valence-corrected chi connectivity index (χ3v) is 2.32. The summed E-state index contributed by atoms with van der Waals surface area (Å²) < 4.78 is 0. The van der Waals surface area contributed by atoms with Crippen LogP contribution in [0.3, 0.4) is 0 Å². The van der Waals surface area contributed by atoms with Gasteiger partial charge in [-0.3, -0.25) is 14.9 Å². The number of hydrogen-bond acceptors (Lipinski definition) is 4. The number of carbonyl (C=O) groups is 2. The monoisotopic (exact) mass is 179 g/mol. The van der Waals surface area contributed by atoms with Crippen LogP contribution in [0.4, 0.5) is 0 Å². The maximum atomic E-state index is 11.2. The largest absolute Gasteiger partial charge is 0.401 e. The second kappa shape index (κ2) is 2.43.